The number of carbonyl (C=O) groups excluding carboxylic acids is 2. The molecule has 0 saturated heterocycles. The van der Waals surface area contributed by atoms with Gasteiger partial charge in [0.05, 0.1) is 6.20 Å². The number of nitrogens with zero attached hydrogens (tertiary/aromatic N) is 2. The minimum atomic E-state index is -1.13. The van der Waals surface area contributed by atoms with Crippen LogP contribution in [-0.2, 0) is 23.1 Å². The number of fused-ring (bicyclic) bond motifs is 3. The maximum absolute atomic E-state index is 12.6. The van der Waals surface area contributed by atoms with Crippen molar-refractivity contribution in [3.8, 4) is 11.1 Å². The number of alkyl carbamates (subject to hydrolysis) is 1. The van der Waals surface area contributed by atoms with Gasteiger partial charge in [0.15, 0.2) is 5.69 Å². The molecule has 1 unspecified atom stereocenters. The number of nitrogens with one attached hydrogen (secondary N) is 2. The number of carbonyl (C=O) groups is 3. The Bertz CT molecular complexity index is 1190. The molecule has 0 aliphatic heterocycles. The number of benzene rings is 2. The molecule has 34 heavy (non-hydrogen) atoms. The van der Waals surface area contributed by atoms with Gasteiger partial charge in [0, 0.05) is 25.1 Å². The lowest BCUT2D eigenvalue weighted by Gasteiger charge is -2.18. The lowest BCUT2D eigenvalue weighted by Crippen LogP contribution is -2.46. The second-order valence-corrected chi connectivity index (χ2v) is 8.10. The number of amides is 2. The number of aromatic carboxylic acids is 1. The number of rotatable bonds is 8. The van der Waals surface area contributed by atoms with Crippen molar-refractivity contribution in [2.45, 2.75) is 31.8 Å². The van der Waals surface area contributed by atoms with E-state index >= 15 is 0 Å². The van der Waals surface area contributed by atoms with Crippen LogP contribution in [0.5, 0.6) is 0 Å². The van der Waals surface area contributed by atoms with E-state index in [0.717, 1.165) is 22.3 Å². The van der Waals surface area contributed by atoms with Crippen LogP contribution >= 0.6 is 0 Å². The lowest BCUT2D eigenvalue weighted by molar-refractivity contribution is -0.123. The van der Waals surface area contributed by atoms with Crippen LogP contribution < -0.4 is 10.6 Å². The molecule has 9 heteroatoms. The zero-order chi connectivity index (χ0) is 24.2. The summed E-state index contributed by atoms with van der Waals surface area (Å²) < 4.78 is 6.75. The summed E-state index contributed by atoms with van der Waals surface area (Å²) in [4.78, 5) is 36.5. The Balaban J connectivity index is 1.35. The molecule has 0 spiro atoms. The van der Waals surface area contributed by atoms with Crippen molar-refractivity contribution in [2.75, 3.05) is 6.61 Å². The SMILES string of the molecule is CCC(NC(=O)OCC1c2ccccc2-c2ccccc21)C(=O)NCc1cnn(C)c1C(=O)O. The second kappa shape index (κ2) is 9.78. The largest absolute Gasteiger partial charge is 0.477 e. The van der Waals surface area contributed by atoms with Crippen LogP contribution in [0.4, 0.5) is 4.79 Å². The Hall–Kier alpha value is -4.14. The average Bonchev–Trinajstić information content (AvgIpc) is 3.37. The first-order valence-corrected chi connectivity index (χ1v) is 11.0. The van der Waals surface area contributed by atoms with Crippen molar-refractivity contribution in [2.24, 2.45) is 7.05 Å². The smallest absolute Gasteiger partial charge is 0.407 e. The van der Waals surface area contributed by atoms with Gasteiger partial charge in [0.1, 0.15) is 12.6 Å². The fourth-order valence-electron chi connectivity index (χ4n) is 4.33. The number of aryl methyl sites for hydroxylation is 1. The van der Waals surface area contributed by atoms with Gasteiger partial charge in [-0.15, -0.1) is 0 Å². The fraction of sp³-hybridized carbons (Fsp3) is 0.280. The van der Waals surface area contributed by atoms with Gasteiger partial charge in [-0.2, -0.15) is 5.10 Å². The molecule has 0 bridgehead atoms. The van der Waals surface area contributed by atoms with E-state index in [1.807, 2.05) is 36.4 Å². The first-order chi connectivity index (χ1) is 16.4. The van der Waals surface area contributed by atoms with Crippen LogP contribution in [0.2, 0.25) is 0 Å². The third-order valence-corrected chi connectivity index (χ3v) is 6.03. The Labute approximate surface area is 196 Å². The highest BCUT2D eigenvalue weighted by atomic mass is 16.5. The summed E-state index contributed by atoms with van der Waals surface area (Å²) in [6.45, 7) is 1.90. The van der Waals surface area contributed by atoms with Gasteiger partial charge in [-0.05, 0) is 28.7 Å². The second-order valence-electron chi connectivity index (χ2n) is 8.10. The van der Waals surface area contributed by atoms with Gasteiger partial charge in [-0.3, -0.25) is 9.48 Å². The molecule has 0 radical (unpaired) electrons. The molecule has 4 rings (SSSR count). The van der Waals surface area contributed by atoms with E-state index in [9.17, 15) is 19.5 Å². The topological polar surface area (TPSA) is 123 Å². The minimum Gasteiger partial charge on any atom is -0.477 e. The molecule has 1 atom stereocenters. The summed E-state index contributed by atoms with van der Waals surface area (Å²) in [6.07, 6.45) is 1.05. The molecule has 1 heterocycles. The Morgan fingerprint density at radius 3 is 2.29 bits per heavy atom. The molecule has 0 saturated carbocycles. The van der Waals surface area contributed by atoms with Gasteiger partial charge in [0.25, 0.3) is 0 Å². The fourth-order valence-corrected chi connectivity index (χ4v) is 4.33. The summed E-state index contributed by atoms with van der Waals surface area (Å²) in [6, 6.07) is 15.3. The van der Waals surface area contributed by atoms with E-state index in [1.54, 1.807) is 6.92 Å². The highest BCUT2D eigenvalue weighted by Crippen LogP contribution is 2.44. The van der Waals surface area contributed by atoms with E-state index in [0.29, 0.717) is 12.0 Å². The molecule has 3 aromatic rings. The van der Waals surface area contributed by atoms with Gasteiger partial charge in [-0.1, -0.05) is 55.5 Å². The van der Waals surface area contributed by atoms with Crippen LogP contribution in [0.15, 0.2) is 54.7 Å². The minimum absolute atomic E-state index is 0.00200. The quantitative estimate of drug-likeness (QED) is 0.473. The molecule has 2 aromatic carbocycles. The number of hydrogen-bond acceptors (Lipinski definition) is 5. The number of carboxylic acids is 1. The van der Waals surface area contributed by atoms with Gasteiger partial charge in [0.2, 0.25) is 5.91 Å². The van der Waals surface area contributed by atoms with Crippen molar-refractivity contribution >= 4 is 18.0 Å². The normalized spacial score (nSPS) is 13.0. The number of aromatic nitrogens is 2. The van der Waals surface area contributed by atoms with Gasteiger partial charge in [-0.25, -0.2) is 9.59 Å². The third-order valence-electron chi connectivity index (χ3n) is 6.03. The molecule has 1 aliphatic rings. The number of carboxylic acid groups (broad SMARTS) is 1. The molecule has 2 amide bonds. The lowest BCUT2D eigenvalue weighted by atomic mass is 9.98. The summed E-state index contributed by atoms with van der Waals surface area (Å²) in [5, 5.41) is 18.5. The third kappa shape index (κ3) is 4.50. The highest BCUT2D eigenvalue weighted by Gasteiger charge is 2.29. The highest BCUT2D eigenvalue weighted by molar-refractivity contribution is 5.88. The van der Waals surface area contributed by atoms with E-state index in [-0.39, 0.29) is 24.8 Å². The molecule has 1 aliphatic carbocycles. The number of ether oxygens (including phenoxy) is 1. The molecule has 3 N–H and O–H groups in total. The van der Waals surface area contributed by atoms with Crippen LogP contribution in [-0.4, -0.2) is 45.5 Å². The summed E-state index contributed by atoms with van der Waals surface area (Å²) >= 11 is 0. The van der Waals surface area contributed by atoms with E-state index in [2.05, 4.69) is 27.9 Å². The maximum Gasteiger partial charge on any atom is 0.407 e. The monoisotopic (exact) mass is 462 g/mol. The zero-order valence-corrected chi connectivity index (χ0v) is 18.9. The molecular formula is C25H26N4O5. The van der Waals surface area contributed by atoms with Crippen molar-refractivity contribution in [3.05, 3.63) is 77.1 Å². The maximum atomic E-state index is 12.6. The zero-order valence-electron chi connectivity index (χ0n) is 18.9. The van der Waals surface area contributed by atoms with E-state index in [1.165, 1.54) is 17.9 Å². The van der Waals surface area contributed by atoms with Crippen molar-refractivity contribution in [3.63, 3.8) is 0 Å². The summed E-state index contributed by atoms with van der Waals surface area (Å²) in [7, 11) is 1.52. The molecule has 9 nitrogen and oxygen atoms in total. The van der Waals surface area contributed by atoms with Crippen molar-refractivity contribution in [1.29, 1.82) is 0 Å². The van der Waals surface area contributed by atoms with Crippen LogP contribution in [0, 0.1) is 0 Å². The standard InChI is InChI=1S/C25H26N4O5/c1-3-21(23(30)26-12-15-13-27-29(2)22(15)24(31)32)28-25(33)34-14-20-18-10-6-4-8-16(18)17-9-5-7-11-19(17)20/h4-11,13,20-21H,3,12,14H2,1-2H3,(H,26,30)(H,28,33)(H,31,32). The van der Waals surface area contributed by atoms with Crippen LogP contribution in [0.3, 0.4) is 0 Å². The van der Waals surface area contributed by atoms with Crippen LogP contribution in [0.25, 0.3) is 11.1 Å². The Morgan fingerprint density at radius 2 is 1.71 bits per heavy atom. The number of hydrogen-bond donors (Lipinski definition) is 3. The predicted octanol–water partition coefficient (Wildman–Crippen LogP) is 3.05. The first-order valence-electron chi connectivity index (χ1n) is 11.0. The molecule has 176 valence electrons. The summed E-state index contributed by atoms with van der Waals surface area (Å²) in [5.74, 6) is -1.64. The average molecular weight is 463 g/mol. The first kappa shape index (κ1) is 23.0. The summed E-state index contributed by atoms with van der Waals surface area (Å²) in [5.41, 5.74) is 4.85. The van der Waals surface area contributed by atoms with Crippen LogP contribution in [0.1, 0.15) is 46.4 Å². The predicted molar refractivity (Wildman–Crippen MR) is 124 cm³/mol. The van der Waals surface area contributed by atoms with Crippen molar-refractivity contribution < 1.29 is 24.2 Å². The Kier molecular flexibility index (Phi) is 6.62. The van der Waals surface area contributed by atoms with Gasteiger partial charge < -0.3 is 20.5 Å². The van der Waals surface area contributed by atoms with Gasteiger partial charge >= 0.3 is 12.1 Å². The molecule has 0 fully saturated rings. The Morgan fingerprint density at radius 1 is 1.09 bits per heavy atom. The van der Waals surface area contributed by atoms with E-state index in [4.69, 9.17) is 4.74 Å². The van der Waals surface area contributed by atoms with E-state index < -0.39 is 24.0 Å². The van der Waals surface area contributed by atoms with Crippen molar-refractivity contribution in [1.82, 2.24) is 20.4 Å². The molecular weight excluding hydrogens is 436 g/mol. The molecule has 1 aromatic heterocycles.